The van der Waals surface area contributed by atoms with Crippen LogP contribution >= 0.6 is 0 Å². The van der Waals surface area contributed by atoms with E-state index in [1.165, 1.54) is 0 Å². The summed E-state index contributed by atoms with van der Waals surface area (Å²) in [6.45, 7) is 2.94. The lowest BCUT2D eigenvalue weighted by Gasteiger charge is -2.20. The van der Waals surface area contributed by atoms with E-state index in [4.69, 9.17) is 0 Å². The topological polar surface area (TPSA) is 57.6 Å². The van der Waals surface area contributed by atoms with Gasteiger partial charge in [0.25, 0.3) is 0 Å². The maximum Gasteiger partial charge on any atom is 0.243 e. The highest BCUT2D eigenvalue weighted by Gasteiger charge is 2.25. The second kappa shape index (κ2) is 6.03. The Morgan fingerprint density at radius 2 is 1.79 bits per heavy atom. The van der Waals surface area contributed by atoms with Crippen LogP contribution in [0.4, 0.5) is 0 Å². The van der Waals surface area contributed by atoms with Crippen molar-refractivity contribution >= 4 is 10.0 Å². The summed E-state index contributed by atoms with van der Waals surface area (Å²) in [5.41, 5.74) is 1.59. The van der Waals surface area contributed by atoms with Crippen LogP contribution < -0.4 is 0 Å². The van der Waals surface area contributed by atoms with E-state index >= 15 is 0 Å². The van der Waals surface area contributed by atoms with Gasteiger partial charge in [-0.25, -0.2) is 8.42 Å². The number of aryl methyl sites for hydroxylation is 1. The normalized spacial score (nSPS) is 18.2. The van der Waals surface area contributed by atoms with Gasteiger partial charge in [0.05, 0.1) is 11.5 Å². The van der Waals surface area contributed by atoms with Crippen molar-refractivity contribution in [3.8, 4) is 0 Å². The number of aliphatic hydroxyl groups excluding tert-OH is 1. The first-order valence-electron chi connectivity index (χ1n) is 6.76. The van der Waals surface area contributed by atoms with E-state index in [1.54, 1.807) is 22.5 Å². The van der Waals surface area contributed by atoms with Crippen LogP contribution in [-0.4, -0.2) is 30.9 Å². The molecule has 0 atom stereocenters. The molecule has 1 aliphatic rings. The van der Waals surface area contributed by atoms with Gasteiger partial charge in [-0.3, -0.25) is 0 Å². The van der Waals surface area contributed by atoms with Crippen molar-refractivity contribution in [1.82, 2.24) is 4.31 Å². The van der Waals surface area contributed by atoms with Crippen LogP contribution in [0.1, 0.15) is 36.8 Å². The average molecular weight is 283 g/mol. The molecule has 1 saturated heterocycles. The smallest absolute Gasteiger partial charge is 0.243 e. The van der Waals surface area contributed by atoms with Crippen LogP contribution in [0.3, 0.4) is 0 Å². The molecule has 0 spiro atoms. The highest BCUT2D eigenvalue weighted by atomic mass is 32.2. The van der Waals surface area contributed by atoms with Crippen LogP contribution in [0.5, 0.6) is 0 Å². The Kier molecular flexibility index (Phi) is 4.60. The Bertz CT molecular complexity index is 532. The van der Waals surface area contributed by atoms with Gasteiger partial charge in [0.1, 0.15) is 0 Å². The van der Waals surface area contributed by atoms with Crippen molar-refractivity contribution in [2.24, 2.45) is 0 Å². The molecule has 0 aliphatic carbocycles. The van der Waals surface area contributed by atoms with Gasteiger partial charge in [-0.2, -0.15) is 4.31 Å². The monoisotopic (exact) mass is 283 g/mol. The maximum absolute atomic E-state index is 12.6. The zero-order chi connectivity index (χ0) is 13.9. The predicted molar refractivity (Wildman–Crippen MR) is 74.3 cm³/mol. The minimum absolute atomic E-state index is 0.130. The summed E-state index contributed by atoms with van der Waals surface area (Å²) in [6.07, 6.45) is 4.06. The van der Waals surface area contributed by atoms with Crippen LogP contribution in [0, 0.1) is 6.92 Å². The predicted octanol–water partition coefficient (Wildman–Crippen LogP) is 2.05. The molecule has 0 aromatic heterocycles. The van der Waals surface area contributed by atoms with Crippen molar-refractivity contribution in [2.75, 3.05) is 13.1 Å². The molecule has 106 valence electrons. The summed E-state index contributed by atoms with van der Waals surface area (Å²) < 4.78 is 26.7. The summed E-state index contributed by atoms with van der Waals surface area (Å²) in [4.78, 5) is 0.295. The van der Waals surface area contributed by atoms with Crippen LogP contribution in [0.15, 0.2) is 23.1 Å². The highest BCUT2D eigenvalue weighted by molar-refractivity contribution is 7.89. The third-order valence-electron chi connectivity index (χ3n) is 3.69. The molecule has 1 N–H and O–H groups in total. The lowest BCUT2D eigenvalue weighted by molar-refractivity contribution is 0.280. The number of nitrogens with zero attached hydrogens (tertiary/aromatic N) is 1. The second-order valence-corrected chi connectivity index (χ2v) is 7.00. The summed E-state index contributed by atoms with van der Waals surface area (Å²) in [5.74, 6) is 0. The first-order chi connectivity index (χ1) is 9.05. The van der Waals surface area contributed by atoms with Gasteiger partial charge in [0.15, 0.2) is 0 Å². The van der Waals surface area contributed by atoms with Gasteiger partial charge in [-0.05, 0) is 43.0 Å². The van der Waals surface area contributed by atoms with E-state index in [2.05, 4.69) is 0 Å². The van der Waals surface area contributed by atoms with Crippen molar-refractivity contribution in [3.63, 3.8) is 0 Å². The second-order valence-electron chi connectivity index (χ2n) is 5.06. The molecule has 1 aliphatic heterocycles. The fraction of sp³-hybridized carbons (Fsp3) is 0.571. The third-order valence-corrected chi connectivity index (χ3v) is 5.59. The van der Waals surface area contributed by atoms with Crippen LogP contribution in [-0.2, 0) is 16.6 Å². The van der Waals surface area contributed by atoms with Crippen molar-refractivity contribution in [2.45, 2.75) is 44.1 Å². The molecule has 0 radical (unpaired) electrons. The molecule has 1 aromatic rings. The van der Waals surface area contributed by atoms with E-state index in [9.17, 15) is 13.5 Å². The summed E-state index contributed by atoms with van der Waals surface area (Å²) in [7, 11) is -3.41. The Balaban J connectivity index is 2.32. The lowest BCUT2D eigenvalue weighted by Crippen LogP contribution is -2.32. The van der Waals surface area contributed by atoms with Gasteiger partial charge in [0.2, 0.25) is 10.0 Å². The minimum atomic E-state index is -3.41. The molecule has 0 saturated carbocycles. The quantitative estimate of drug-likeness (QED) is 0.923. The molecule has 19 heavy (non-hydrogen) atoms. The minimum Gasteiger partial charge on any atom is -0.392 e. The SMILES string of the molecule is Cc1ccc(S(=O)(=O)N2CCCCCC2)cc1CO. The average Bonchev–Trinajstić information content (AvgIpc) is 2.68. The maximum atomic E-state index is 12.6. The number of rotatable bonds is 3. The molecule has 5 heteroatoms. The van der Waals surface area contributed by atoms with Crippen LogP contribution in [0.2, 0.25) is 0 Å². The summed E-state index contributed by atoms with van der Waals surface area (Å²) >= 11 is 0. The van der Waals surface area contributed by atoms with E-state index in [-0.39, 0.29) is 6.61 Å². The van der Waals surface area contributed by atoms with Gasteiger partial charge in [0, 0.05) is 13.1 Å². The molecule has 0 amide bonds. The number of aliphatic hydroxyl groups is 1. The van der Waals surface area contributed by atoms with Crippen molar-refractivity contribution in [3.05, 3.63) is 29.3 Å². The Hall–Kier alpha value is -0.910. The standard InChI is InChI=1S/C14H21NO3S/c1-12-6-7-14(10-13(12)11-16)19(17,18)15-8-4-2-3-5-9-15/h6-7,10,16H,2-5,8-9,11H2,1H3. The van der Waals surface area contributed by atoms with Crippen LogP contribution in [0.25, 0.3) is 0 Å². The molecule has 4 nitrogen and oxygen atoms in total. The number of sulfonamides is 1. The van der Waals surface area contributed by atoms with Gasteiger partial charge in [-0.15, -0.1) is 0 Å². The Morgan fingerprint density at radius 1 is 1.16 bits per heavy atom. The molecule has 2 rings (SSSR count). The van der Waals surface area contributed by atoms with E-state index in [1.807, 2.05) is 6.92 Å². The molecule has 0 bridgehead atoms. The van der Waals surface area contributed by atoms with Crippen molar-refractivity contribution in [1.29, 1.82) is 0 Å². The molecule has 1 aromatic carbocycles. The Labute approximate surface area is 115 Å². The van der Waals surface area contributed by atoms with Crippen molar-refractivity contribution < 1.29 is 13.5 Å². The fourth-order valence-electron chi connectivity index (χ4n) is 2.41. The molecular formula is C14H21NO3S. The molecule has 1 fully saturated rings. The fourth-order valence-corrected chi connectivity index (χ4v) is 3.98. The summed E-state index contributed by atoms with van der Waals surface area (Å²) in [6, 6.07) is 4.99. The van der Waals surface area contributed by atoms with Gasteiger partial charge < -0.3 is 5.11 Å². The number of hydrogen-bond acceptors (Lipinski definition) is 3. The largest absolute Gasteiger partial charge is 0.392 e. The third kappa shape index (κ3) is 3.16. The summed E-state index contributed by atoms with van der Waals surface area (Å²) in [5, 5.41) is 9.26. The zero-order valence-corrected chi connectivity index (χ0v) is 12.1. The number of hydrogen-bond donors (Lipinski definition) is 1. The van der Waals surface area contributed by atoms with E-state index in [0.29, 0.717) is 23.5 Å². The molecular weight excluding hydrogens is 262 g/mol. The number of benzene rings is 1. The van der Waals surface area contributed by atoms with E-state index in [0.717, 1.165) is 31.2 Å². The van der Waals surface area contributed by atoms with Gasteiger partial charge >= 0.3 is 0 Å². The molecule has 1 heterocycles. The van der Waals surface area contributed by atoms with E-state index < -0.39 is 10.0 Å². The Morgan fingerprint density at radius 3 is 2.37 bits per heavy atom. The molecule has 0 unspecified atom stereocenters. The first-order valence-corrected chi connectivity index (χ1v) is 8.20. The lowest BCUT2D eigenvalue weighted by atomic mass is 10.1. The highest BCUT2D eigenvalue weighted by Crippen LogP contribution is 2.22. The van der Waals surface area contributed by atoms with Gasteiger partial charge in [-0.1, -0.05) is 18.9 Å². The zero-order valence-electron chi connectivity index (χ0n) is 11.3. The first kappa shape index (κ1) is 14.5.